The third kappa shape index (κ3) is 3.89. The van der Waals surface area contributed by atoms with E-state index in [1.165, 1.54) is 10.4 Å². The summed E-state index contributed by atoms with van der Waals surface area (Å²) in [7, 11) is 0. The second kappa shape index (κ2) is 4.86. The van der Waals surface area contributed by atoms with Gasteiger partial charge in [-0.1, -0.05) is 13.8 Å². The van der Waals surface area contributed by atoms with E-state index in [0.29, 0.717) is 6.54 Å². The summed E-state index contributed by atoms with van der Waals surface area (Å²) in [4.78, 5) is 1.43. The lowest BCUT2D eigenvalue weighted by molar-refractivity contribution is 0.0786. The van der Waals surface area contributed by atoms with Crippen molar-refractivity contribution in [3.8, 4) is 0 Å². The van der Waals surface area contributed by atoms with E-state index in [4.69, 9.17) is 0 Å². The van der Waals surface area contributed by atoms with Crippen LogP contribution in [-0.4, -0.2) is 23.8 Å². The highest BCUT2D eigenvalue weighted by molar-refractivity contribution is 7.10. The minimum Gasteiger partial charge on any atom is -0.389 e. The molecule has 0 bridgehead atoms. The zero-order valence-electron chi connectivity index (χ0n) is 10.9. The monoisotopic (exact) mass is 241 g/mol. The first-order chi connectivity index (χ1) is 7.22. The van der Waals surface area contributed by atoms with Crippen LogP contribution in [-0.2, 0) is 5.41 Å². The molecule has 16 heavy (non-hydrogen) atoms. The second-order valence-electron chi connectivity index (χ2n) is 5.73. The van der Waals surface area contributed by atoms with Crippen molar-refractivity contribution in [3.05, 3.63) is 21.9 Å². The number of aryl methyl sites for hydroxylation is 1. The number of hydrogen-bond acceptors (Lipinski definition) is 3. The normalized spacial score (nSPS) is 13.1. The Morgan fingerprint density at radius 2 is 1.88 bits per heavy atom. The van der Waals surface area contributed by atoms with Gasteiger partial charge in [-0.05, 0) is 37.8 Å². The number of thiophene rings is 1. The molecule has 0 atom stereocenters. The molecule has 2 nitrogen and oxygen atoms in total. The molecule has 0 saturated heterocycles. The summed E-state index contributed by atoms with van der Waals surface area (Å²) in [6.45, 7) is 11.8. The van der Waals surface area contributed by atoms with Gasteiger partial charge in [-0.15, -0.1) is 11.3 Å². The van der Waals surface area contributed by atoms with Crippen molar-refractivity contribution in [2.45, 2.75) is 45.6 Å². The smallest absolute Gasteiger partial charge is 0.0715 e. The largest absolute Gasteiger partial charge is 0.389 e. The molecule has 1 rings (SSSR count). The van der Waals surface area contributed by atoms with Crippen molar-refractivity contribution in [1.29, 1.82) is 0 Å². The molecular formula is C13H23NOS. The number of rotatable bonds is 5. The minimum atomic E-state index is -0.638. The molecule has 1 aromatic heterocycles. The molecule has 2 N–H and O–H groups in total. The molecule has 0 amide bonds. The van der Waals surface area contributed by atoms with E-state index in [-0.39, 0.29) is 5.41 Å². The van der Waals surface area contributed by atoms with Crippen LogP contribution in [0.25, 0.3) is 0 Å². The molecule has 0 aliphatic carbocycles. The van der Waals surface area contributed by atoms with Gasteiger partial charge in [-0.3, -0.25) is 0 Å². The molecule has 0 fully saturated rings. The van der Waals surface area contributed by atoms with E-state index in [1.54, 1.807) is 0 Å². The Morgan fingerprint density at radius 3 is 2.31 bits per heavy atom. The number of nitrogens with one attached hydrogen (secondary N) is 1. The quantitative estimate of drug-likeness (QED) is 0.831. The Morgan fingerprint density at radius 1 is 1.25 bits per heavy atom. The molecule has 0 unspecified atom stereocenters. The van der Waals surface area contributed by atoms with Crippen LogP contribution in [0.3, 0.4) is 0 Å². The minimum absolute atomic E-state index is 0.128. The van der Waals surface area contributed by atoms with Gasteiger partial charge in [-0.25, -0.2) is 0 Å². The van der Waals surface area contributed by atoms with E-state index in [9.17, 15) is 5.11 Å². The van der Waals surface area contributed by atoms with Gasteiger partial charge in [0.1, 0.15) is 0 Å². The first kappa shape index (κ1) is 13.7. The maximum Gasteiger partial charge on any atom is 0.0715 e. The Kier molecular flexibility index (Phi) is 4.16. The molecule has 0 aliphatic heterocycles. The third-order valence-corrected chi connectivity index (χ3v) is 3.98. The van der Waals surface area contributed by atoms with Crippen molar-refractivity contribution in [2.75, 3.05) is 13.1 Å². The van der Waals surface area contributed by atoms with E-state index in [1.807, 2.05) is 25.2 Å². The molecule has 0 aromatic carbocycles. The van der Waals surface area contributed by atoms with Crippen LogP contribution in [0.2, 0.25) is 0 Å². The summed E-state index contributed by atoms with van der Waals surface area (Å²) >= 11 is 1.81. The summed E-state index contributed by atoms with van der Waals surface area (Å²) < 4.78 is 0. The maximum atomic E-state index is 9.64. The van der Waals surface area contributed by atoms with E-state index in [0.717, 1.165) is 6.54 Å². The zero-order chi connectivity index (χ0) is 12.4. The van der Waals surface area contributed by atoms with Crippen LogP contribution >= 0.6 is 11.3 Å². The van der Waals surface area contributed by atoms with Gasteiger partial charge < -0.3 is 10.4 Å². The predicted molar refractivity (Wildman–Crippen MR) is 71.2 cm³/mol. The fraction of sp³-hybridized carbons (Fsp3) is 0.692. The molecule has 3 heteroatoms. The van der Waals surface area contributed by atoms with Gasteiger partial charge in [0.05, 0.1) is 5.60 Å². The summed E-state index contributed by atoms with van der Waals surface area (Å²) in [5, 5.41) is 15.1. The summed E-state index contributed by atoms with van der Waals surface area (Å²) in [5.41, 5.74) is 0.851. The van der Waals surface area contributed by atoms with Crippen LogP contribution in [0.4, 0.5) is 0 Å². The summed E-state index contributed by atoms with van der Waals surface area (Å²) in [5.74, 6) is 0. The molecule has 0 spiro atoms. The highest BCUT2D eigenvalue weighted by Crippen LogP contribution is 2.30. The third-order valence-electron chi connectivity index (χ3n) is 2.60. The number of aliphatic hydroxyl groups is 1. The lowest BCUT2D eigenvalue weighted by Gasteiger charge is -2.27. The van der Waals surface area contributed by atoms with Crippen LogP contribution < -0.4 is 5.32 Å². The van der Waals surface area contributed by atoms with Crippen LogP contribution in [0.1, 0.15) is 38.1 Å². The van der Waals surface area contributed by atoms with E-state index < -0.39 is 5.60 Å². The van der Waals surface area contributed by atoms with Gasteiger partial charge in [0.25, 0.3) is 0 Å². The molecule has 0 aliphatic rings. The lowest BCUT2D eigenvalue weighted by Crippen LogP contribution is -2.40. The van der Waals surface area contributed by atoms with Gasteiger partial charge in [0.15, 0.2) is 0 Å². The van der Waals surface area contributed by atoms with Gasteiger partial charge in [0.2, 0.25) is 0 Å². The van der Waals surface area contributed by atoms with Crippen molar-refractivity contribution < 1.29 is 5.11 Å². The van der Waals surface area contributed by atoms with Crippen molar-refractivity contribution in [2.24, 2.45) is 0 Å². The Bertz CT molecular complexity index is 336. The highest BCUT2D eigenvalue weighted by atomic mass is 32.1. The highest BCUT2D eigenvalue weighted by Gasteiger charge is 2.24. The van der Waals surface area contributed by atoms with Gasteiger partial charge in [-0.2, -0.15) is 0 Å². The van der Waals surface area contributed by atoms with Gasteiger partial charge in [0, 0.05) is 23.4 Å². The number of hydrogen-bond donors (Lipinski definition) is 2. The van der Waals surface area contributed by atoms with Crippen molar-refractivity contribution in [1.82, 2.24) is 5.32 Å². The Labute approximate surface area is 103 Å². The fourth-order valence-electron chi connectivity index (χ4n) is 1.83. The Hall–Kier alpha value is -0.380. The SMILES string of the molecule is Cc1ccsc1C(C)(C)CNCC(C)(C)O. The van der Waals surface area contributed by atoms with Crippen LogP contribution in [0, 0.1) is 6.92 Å². The standard InChI is InChI=1S/C13H23NOS/c1-10-6-7-16-11(10)12(2,3)8-14-9-13(4,5)15/h6-7,14-15H,8-9H2,1-5H3. The molecule has 1 aromatic rings. The summed E-state index contributed by atoms with van der Waals surface area (Å²) in [6, 6.07) is 2.16. The maximum absolute atomic E-state index is 9.64. The van der Waals surface area contributed by atoms with Crippen molar-refractivity contribution >= 4 is 11.3 Å². The van der Waals surface area contributed by atoms with Gasteiger partial charge >= 0.3 is 0 Å². The first-order valence-electron chi connectivity index (χ1n) is 5.70. The van der Waals surface area contributed by atoms with Crippen molar-refractivity contribution in [3.63, 3.8) is 0 Å². The molecule has 1 heterocycles. The molecule has 0 radical (unpaired) electrons. The average Bonchev–Trinajstić information content (AvgIpc) is 2.48. The lowest BCUT2D eigenvalue weighted by atomic mass is 9.89. The summed E-state index contributed by atoms with van der Waals surface area (Å²) in [6.07, 6.45) is 0. The predicted octanol–water partition coefficient (Wildman–Crippen LogP) is 2.69. The van der Waals surface area contributed by atoms with E-state index in [2.05, 4.69) is 37.5 Å². The van der Waals surface area contributed by atoms with E-state index >= 15 is 0 Å². The second-order valence-corrected chi connectivity index (χ2v) is 6.65. The molecule has 92 valence electrons. The van der Waals surface area contributed by atoms with Crippen LogP contribution in [0.15, 0.2) is 11.4 Å². The Balaban J connectivity index is 2.56. The van der Waals surface area contributed by atoms with Crippen LogP contribution in [0.5, 0.6) is 0 Å². The first-order valence-corrected chi connectivity index (χ1v) is 6.58. The molecule has 0 saturated carbocycles. The topological polar surface area (TPSA) is 32.3 Å². The average molecular weight is 241 g/mol. The molecular weight excluding hydrogens is 218 g/mol. The fourth-order valence-corrected chi connectivity index (χ4v) is 2.88. The zero-order valence-corrected chi connectivity index (χ0v) is 11.7.